The van der Waals surface area contributed by atoms with Crippen molar-refractivity contribution in [1.82, 2.24) is 15.1 Å². The summed E-state index contributed by atoms with van der Waals surface area (Å²) in [6, 6.07) is 0.181. The molecule has 0 saturated heterocycles. The maximum atomic E-state index is 5.42. The summed E-state index contributed by atoms with van der Waals surface area (Å²) in [6.45, 7) is 5.93. The lowest BCUT2D eigenvalue weighted by Crippen LogP contribution is -2.26. The molecule has 1 aromatic heterocycles. The summed E-state index contributed by atoms with van der Waals surface area (Å²) < 4.78 is 1.92. The van der Waals surface area contributed by atoms with Gasteiger partial charge in [0.15, 0.2) is 0 Å². The second kappa shape index (κ2) is 6.26. The first-order chi connectivity index (χ1) is 7.30. The number of rotatable bonds is 6. The highest BCUT2D eigenvalue weighted by Gasteiger charge is 2.03. The molecule has 3 heteroatoms. The van der Waals surface area contributed by atoms with E-state index >= 15 is 0 Å². The van der Waals surface area contributed by atoms with Crippen LogP contribution in [0.5, 0.6) is 0 Å². The summed E-state index contributed by atoms with van der Waals surface area (Å²) in [7, 11) is 0. The predicted octanol–water partition coefficient (Wildman–Crippen LogP) is 1.79. The van der Waals surface area contributed by atoms with Gasteiger partial charge in [0.05, 0.1) is 12.2 Å². The summed E-state index contributed by atoms with van der Waals surface area (Å²) >= 11 is 0. The van der Waals surface area contributed by atoms with E-state index in [0.717, 1.165) is 25.9 Å². The van der Waals surface area contributed by atoms with Gasteiger partial charge in [0.2, 0.25) is 0 Å². The molecule has 3 nitrogen and oxygen atoms in total. The Balaban J connectivity index is 2.39. The molecule has 0 fully saturated rings. The average Bonchev–Trinajstić information content (AvgIpc) is 2.72. The highest BCUT2D eigenvalue weighted by Crippen LogP contribution is 2.00. The third-order valence-corrected chi connectivity index (χ3v) is 2.34. The summed E-state index contributed by atoms with van der Waals surface area (Å²) in [6.07, 6.45) is 11.5. The molecule has 0 amide bonds. The van der Waals surface area contributed by atoms with Crippen LogP contribution in [0.1, 0.15) is 32.3 Å². The molecule has 15 heavy (non-hydrogen) atoms. The van der Waals surface area contributed by atoms with Gasteiger partial charge in [0, 0.05) is 24.8 Å². The number of terminal acetylenes is 1. The van der Waals surface area contributed by atoms with Crippen LogP contribution in [0.3, 0.4) is 0 Å². The van der Waals surface area contributed by atoms with Crippen molar-refractivity contribution in [3.05, 3.63) is 18.0 Å². The number of nitrogens with zero attached hydrogens (tertiary/aromatic N) is 2. The Morgan fingerprint density at radius 1 is 1.60 bits per heavy atom. The first kappa shape index (κ1) is 11.8. The molecule has 0 spiro atoms. The lowest BCUT2D eigenvalue weighted by molar-refractivity contribution is 0.562. The Kier molecular flexibility index (Phi) is 4.92. The van der Waals surface area contributed by atoms with E-state index in [-0.39, 0.29) is 6.04 Å². The van der Waals surface area contributed by atoms with Crippen molar-refractivity contribution < 1.29 is 0 Å². The molecule has 1 atom stereocenters. The van der Waals surface area contributed by atoms with Crippen LogP contribution in [0.4, 0.5) is 0 Å². The predicted molar refractivity (Wildman–Crippen MR) is 62.3 cm³/mol. The zero-order valence-corrected chi connectivity index (χ0v) is 9.53. The van der Waals surface area contributed by atoms with Gasteiger partial charge in [-0.15, -0.1) is 6.42 Å². The number of aromatic nitrogens is 2. The Morgan fingerprint density at radius 3 is 2.93 bits per heavy atom. The zero-order valence-electron chi connectivity index (χ0n) is 9.53. The van der Waals surface area contributed by atoms with Gasteiger partial charge in [-0.1, -0.05) is 19.3 Å². The van der Waals surface area contributed by atoms with Crippen LogP contribution in [-0.4, -0.2) is 15.8 Å². The van der Waals surface area contributed by atoms with Crippen LogP contribution in [0.25, 0.3) is 0 Å². The lowest BCUT2D eigenvalue weighted by Gasteiger charge is -2.10. The van der Waals surface area contributed by atoms with E-state index in [0.29, 0.717) is 0 Å². The number of nitrogens with one attached hydrogen (secondary N) is 1. The van der Waals surface area contributed by atoms with Crippen molar-refractivity contribution in [2.75, 3.05) is 0 Å². The van der Waals surface area contributed by atoms with Gasteiger partial charge in [0.25, 0.3) is 0 Å². The number of hydrogen-bond donors (Lipinski definition) is 1. The minimum Gasteiger partial charge on any atom is -0.299 e. The molecule has 0 aromatic carbocycles. The van der Waals surface area contributed by atoms with Gasteiger partial charge in [-0.25, -0.2) is 0 Å². The highest BCUT2D eigenvalue weighted by molar-refractivity contribution is 5.06. The molecular formula is C12H19N3. The maximum absolute atomic E-state index is 5.42. The van der Waals surface area contributed by atoms with E-state index in [4.69, 9.17) is 6.42 Å². The van der Waals surface area contributed by atoms with Gasteiger partial charge in [-0.05, 0) is 13.3 Å². The molecule has 0 aliphatic carbocycles. The maximum Gasteiger partial charge on any atom is 0.0689 e. The number of aryl methyl sites for hydroxylation is 1. The molecule has 1 heterocycles. The minimum absolute atomic E-state index is 0.181. The van der Waals surface area contributed by atoms with Gasteiger partial charge in [0.1, 0.15) is 0 Å². The molecule has 1 N–H and O–H groups in total. The third-order valence-electron chi connectivity index (χ3n) is 2.34. The van der Waals surface area contributed by atoms with Crippen LogP contribution in [0.15, 0.2) is 12.4 Å². The molecule has 1 aromatic rings. The summed E-state index contributed by atoms with van der Waals surface area (Å²) in [4.78, 5) is 0. The van der Waals surface area contributed by atoms with E-state index < -0.39 is 0 Å². The molecule has 0 saturated carbocycles. The van der Waals surface area contributed by atoms with Gasteiger partial charge < -0.3 is 0 Å². The molecule has 0 aliphatic heterocycles. The molecule has 0 bridgehead atoms. The van der Waals surface area contributed by atoms with Crippen molar-refractivity contribution in [2.45, 2.75) is 45.8 Å². The second-order valence-electron chi connectivity index (χ2n) is 3.59. The first-order valence-corrected chi connectivity index (χ1v) is 5.51. The Labute approximate surface area is 91.9 Å². The van der Waals surface area contributed by atoms with Crippen molar-refractivity contribution >= 4 is 0 Å². The summed E-state index contributed by atoms with van der Waals surface area (Å²) in [5, 5.41) is 7.54. The molecule has 1 rings (SSSR count). The fraction of sp³-hybridized carbons (Fsp3) is 0.583. The topological polar surface area (TPSA) is 29.9 Å². The third kappa shape index (κ3) is 3.77. The summed E-state index contributed by atoms with van der Waals surface area (Å²) in [5.41, 5.74) is 1.19. The SMILES string of the molecule is C#CC(CCC)NCc1cnn(CC)c1. The minimum atomic E-state index is 0.181. The van der Waals surface area contributed by atoms with Crippen LogP contribution in [0, 0.1) is 12.3 Å². The van der Waals surface area contributed by atoms with E-state index in [1.807, 2.05) is 17.1 Å². The standard InChI is InChI=1S/C12H19N3/c1-4-7-12(5-2)13-8-11-9-14-15(6-3)10-11/h2,9-10,12-13H,4,6-8H2,1,3H3. The van der Waals surface area contributed by atoms with Crippen molar-refractivity contribution in [2.24, 2.45) is 0 Å². The largest absolute Gasteiger partial charge is 0.299 e. The lowest BCUT2D eigenvalue weighted by atomic mass is 10.2. The van der Waals surface area contributed by atoms with Crippen LogP contribution < -0.4 is 5.32 Å². The first-order valence-electron chi connectivity index (χ1n) is 5.51. The fourth-order valence-electron chi connectivity index (χ4n) is 1.44. The van der Waals surface area contributed by atoms with Crippen LogP contribution >= 0.6 is 0 Å². The monoisotopic (exact) mass is 205 g/mol. The van der Waals surface area contributed by atoms with E-state index in [1.165, 1.54) is 5.56 Å². The van der Waals surface area contributed by atoms with Gasteiger partial charge in [-0.3, -0.25) is 10.00 Å². The Bertz CT molecular complexity index is 322. The average molecular weight is 205 g/mol. The zero-order chi connectivity index (χ0) is 11.1. The van der Waals surface area contributed by atoms with Crippen molar-refractivity contribution in [3.63, 3.8) is 0 Å². The quantitative estimate of drug-likeness (QED) is 0.718. The van der Waals surface area contributed by atoms with Crippen LogP contribution in [0.2, 0.25) is 0 Å². The molecule has 82 valence electrons. The Morgan fingerprint density at radius 2 is 2.40 bits per heavy atom. The van der Waals surface area contributed by atoms with Gasteiger partial charge >= 0.3 is 0 Å². The normalized spacial score (nSPS) is 12.3. The molecule has 0 radical (unpaired) electrons. The molecule has 1 unspecified atom stereocenters. The number of hydrogen-bond acceptors (Lipinski definition) is 2. The van der Waals surface area contributed by atoms with E-state index in [1.54, 1.807) is 0 Å². The summed E-state index contributed by atoms with van der Waals surface area (Å²) in [5.74, 6) is 2.76. The Hall–Kier alpha value is -1.27. The van der Waals surface area contributed by atoms with Crippen molar-refractivity contribution in [3.8, 4) is 12.3 Å². The second-order valence-corrected chi connectivity index (χ2v) is 3.59. The highest BCUT2D eigenvalue weighted by atomic mass is 15.3. The van der Waals surface area contributed by atoms with Crippen molar-refractivity contribution in [1.29, 1.82) is 0 Å². The van der Waals surface area contributed by atoms with E-state index in [9.17, 15) is 0 Å². The van der Waals surface area contributed by atoms with E-state index in [2.05, 4.69) is 30.2 Å². The molecular weight excluding hydrogens is 186 g/mol. The molecule has 0 aliphatic rings. The smallest absolute Gasteiger partial charge is 0.0689 e. The van der Waals surface area contributed by atoms with Crippen LogP contribution in [-0.2, 0) is 13.1 Å². The van der Waals surface area contributed by atoms with Gasteiger partial charge in [-0.2, -0.15) is 5.10 Å². The fourth-order valence-corrected chi connectivity index (χ4v) is 1.44.